The molecule has 0 fully saturated rings. The van der Waals surface area contributed by atoms with Gasteiger partial charge >= 0.3 is 0 Å². The van der Waals surface area contributed by atoms with E-state index in [2.05, 4.69) is 4.98 Å². The Morgan fingerprint density at radius 2 is 1.67 bits per heavy atom. The minimum atomic E-state index is -0.00457. The Bertz CT molecular complexity index is 820. The number of oxazole rings is 1. The van der Waals surface area contributed by atoms with Crippen LogP contribution in [0.15, 0.2) is 65.2 Å². The average molecular weight is 320 g/mol. The first-order chi connectivity index (χ1) is 11.7. The zero-order valence-electron chi connectivity index (χ0n) is 13.9. The highest BCUT2D eigenvalue weighted by atomic mass is 16.4. The third kappa shape index (κ3) is 3.08. The van der Waals surface area contributed by atoms with Gasteiger partial charge in [-0.1, -0.05) is 42.5 Å². The van der Waals surface area contributed by atoms with Gasteiger partial charge in [0, 0.05) is 24.2 Å². The second-order valence-corrected chi connectivity index (χ2v) is 5.42. The van der Waals surface area contributed by atoms with E-state index in [-0.39, 0.29) is 5.91 Å². The minimum absolute atomic E-state index is 0.00457. The van der Waals surface area contributed by atoms with E-state index >= 15 is 0 Å². The molecule has 1 heterocycles. The SMILES string of the molecule is CCN(CC)C(=O)c1ccccc1-c1ncc(-c2ccccc2)o1. The van der Waals surface area contributed by atoms with Gasteiger partial charge in [-0.3, -0.25) is 4.79 Å². The fraction of sp³-hybridized carbons (Fsp3) is 0.200. The number of rotatable bonds is 5. The van der Waals surface area contributed by atoms with Crippen molar-refractivity contribution < 1.29 is 9.21 Å². The zero-order valence-corrected chi connectivity index (χ0v) is 13.9. The van der Waals surface area contributed by atoms with Crippen LogP contribution in [0.1, 0.15) is 24.2 Å². The lowest BCUT2D eigenvalue weighted by Crippen LogP contribution is -2.30. The van der Waals surface area contributed by atoms with Crippen molar-refractivity contribution in [2.45, 2.75) is 13.8 Å². The summed E-state index contributed by atoms with van der Waals surface area (Å²) >= 11 is 0. The molecule has 0 radical (unpaired) electrons. The van der Waals surface area contributed by atoms with E-state index in [9.17, 15) is 4.79 Å². The Hall–Kier alpha value is -2.88. The van der Waals surface area contributed by atoms with Crippen molar-refractivity contribution in [2.75, 3.05) is 13.1 Å². The number of amides is 1. The van der Waals surface area contributed by atoms with Crippen LogP contribution in [-0.4, -0.2) is 28.9 Å². The molecule has 0 bridgehead atoms. The number of nitrogens with zero attached hydrogens (tertiary/aromatic N) is 2. The first kappa shape index (κ1) is 16.0. The highest BCUT2D eigenvalue weighted by Crippen LogP contribution is 2.28. The maximum atomic E-state index is 12.7. The molecule has 0 spiro atoms. The maximum absolute atomic E-state index is 12.7. The van der Waals surface area contributed by atoms with Gasteiger partial charge in [0.15, 0.2) is 5.76 Å². The molecule has 0 N–H and O–H groups in total. The van der Waals surface area contributed by atoms with Crippen LogP contribution in [0.4, 0.5) is 0 Å². The summed E-state index contributed by atoms with van der Waals surface area (Å²) in [6.07, 6.45) is 1.70. The molecule has 24 heavy (non-hydrogen) atoms. The first-order valence-corrected chi connectivity index (χ1v) is 8.14. The Kier molecular flexibility index (Phi) is 4.75. The zero-order chi connectivity index (χ0) is 16.9. The first-order valence-electron chi connectivity index (χ1n) is 8.14. The summed E-state index contributed by atoms with van der Waals surface area (Å²) in [5.74, 6) is 1.15. The largest absolute Gasteiger partial charge is 0.436 e. The third-order valence-corrected chi connectivity index (χ3v) is 4.00. The summed E-state index contributed by atoms with van der Waals surface area (Å²) in [5, 5.41) is 0. The van der Waals surface area contributed by atoms with Crippen molar-refractivity contribution in [3.8, 4) is 22.8 Å². The molecule has 0 saturated heterocycles. The predicted octanol–water partition coefficient (Wildman–Crippen LogP) is 4.49. The van der Waals surface area contributed by atoms with Crippen LogP contribution in [0.5, 0.6) is 0 Å². The molecule has 122 valence electrons. The van der Waals surface area contributed by atoms with Crippen molar-refractivity contribution in [1.29, 1.82) is 0 Å². The van der Waals surface area contributed by atoms with Gasteiger partial charge in [-0.25, -0.2) is 4.98 Å². The average Bonchev–Trinajstić information content (AvgIpc) is 3.13. The van der Waals surface area contributed by atoms with Crippen LogP contribution < -0.4 is 0 Å². The number of benzene rings is 2. The predicted molar refractivity (Wildman–Crippen MR) is 94.6 cm³/mol. The van der Waals surface area contributed by atoms with Crippen molar-refractivity contribution in [3.63, 3.8) is 0 Å². The summed E-state index contributed by atoms with van der Waals surface area (Å²) in [6, 6.07) is 17.2. The van der Waals surface area contributed by atoms with E-state index in [0.29, 0.717) is 30.3 Å². The highest BCUT2D eigenvalue weighted by molar-refractivity contribution is 6.00. The maximum Gasteiger partial charge on any atom is 0.254 e. The lowest BCUT2D eigenvalue weighted by Gasteiger charge is -2.19. The van der Waals surface area contributed by atoms with Crippen LogP contribution in [-0.2, 0) is 0 Å². The molecule has 2 aromatic carbocycles. The highest BCUT2D eigenvalue weighted by Gasteiger charge is 2.19. The quantitative estimate of drug-likeness (QED) is 0.696. The topological polar surface area (TPSA) is 46.3 Å². The van der Waals surface area contributed by atoms with Crippen LogP contribution in [0.25, 0.3) is 22.8 Å². The van der Waals surface area contributed by atoms with Gasteiger partial charge in [-0.15, -0.1) is 0 Å². The molecule has 0 aliphatic rings. The second-order valence-electron chi connectivity index (χ2n) is 5.42. The molecule has 0 aliphatic heterocycles. The van der Waals surface area contributed by atoms with E-state index in [1.807, 2.05) is 68.4 Å². The molecule has 0 aliphatic carbocycles. The Labute approximate surface area is 141 Å². The van der Waals surface area contributed by atoms with Crippen LogP contribution >= 0.6 is 0 Å². The summed E-state index contributed by atoms with van der Waals surface area (Å²) in [6.45, 7) is 5.29. The molecule has 0 unspecified atom stereocenters. The fourth-order valence-corrected chi connectivity index (χ4v) is 2.67. The number of aromatic nitrogens is 1. The van der Waals surface area contributed by atoms with E-state index in [1.54, 1.807) is 11.1 Å². The Balaban J connectivity index is 1.99. The number of carbonyl (C=O) groups is 1. The Morgan fingerprint density at radius 1 is 1.00 bits per heavy atom. The van der Waals surface area contributed by atoms with Gasteiger partial charge in [0.25, 0.3) is 5.91 Å². The second kappa shape index (κ2) is 7.13. The molecule has 0 saturated carbocycles. The number of hydrogen-bond acceptors (Lipinski definition) is 3. The van der Waals surface area contributed by atoms with Crippen molar-refractivity contribution >= 4 is 5.91 Å². The van der Waals surface area contributed by atoms with E-state index < -0.39 is 0 Å². The number of hydrogen-bond donors (Lipinski definition) is 0. The van der Waals surface area contributed by atoms with Gasteiger partial charge < -0.3 is 9.32 Å². The van der Waals surface area contributed by atoms with Crippen molar-refractivity contribution in [3.05, 3.63) is 66.4 Å². The van der Waals surface area contributed by atoms with Crippen LogP contribution in [0.2, 0.25) is 0 Å². The Morgan fingerprint density at radius 3 is 2.38 bits per heavy atom. The molecule has 3 aromatic rings. The van der Waals surface area contributed by atoms with Crippen molar-refractivity contribution in [2.24, 2.45) is 0 Å². The molecule has 3 rings (SSSR count). The molecular formula is C20H20N2O2. The summed E-state index contributed by atoms with van der Waals surface area (Å²) in [7, 11) is 0. The third-order valence-electron chi connectivity index (χ3n) is 4.00. The monoisotopic (exact) mass is 320 g/mol. The number of carbonyl (C=O) groups excluding carboxylic acids is 1. The van der Waals surface area contributed by atoms with Gasteiger partial charge in [0.1, 0.15) is 0 Å². The minimum Gasteiger partial charge on any atom is -0.436 e. The lowest BCUT2D eigenvalue weighted by atomic mass is 10.1. The summed E-state index contributed by atoms with van der Waals surface area (Å²) < 4.78 is 5.91. The lowest BCUT2D eigenvalue weighted by molar-refractivity contribution is 0.0773. The normalized spacial score (nSPS) is 10.6. The summed E-state index contributed by atoms with van der Waals surface area (Å²) in [4.78, 5) is 18.9. The smallest absolute Gasteiger partial charge is 0.254 e. The van der Waals surface area contributed by atoms with E-state index in [1.165, 1.54) is 0 Å². The molecule has 1 amide bonds. The molecule has 4 heteroatoms. The van der Waals surface area contributed by atoms with Crippen molar-refractivity contribution in [1.82, 2.24) is 9.88 Å². The van der Waals surface area contributed by atoms with E-state index in [4.69, 9.17) is 4.42 Å². The van der Waals surface area contributed by atoms with Crippen LogP contribution in [0, 0.1) is 0 Å². The standard InChI is InChI=1S/C20H20N2O2/c1-3-22(4-2)20(23)17-13-9-8-12-16(17)19-21-14-18(24-19)15-10-6-5-7-11-15/h5-14H,3-4H2,1-2H3. The van der Waals surface area contributed by atoms with Gasteiger partial charge in [-0.05, 0) is 26.0 Å². The van der Waals surface area contributed by atoms with Gasteiger partial charge in [-0.2, -0.15) is 0 Å². The molecular weight excluding hydrogens is 300 g/mol. The van der Waals surface area contributed by atoms with Gasteiger partial charge in [0.2, 0.25) is 5.89 Å². The summed E-state index contributed by atoms with van der Waals surface area (Å²) in [5.41, 5.74) is 2.29. The van der Waals surface area contributed by atoms with E-state index in [0.717, 1.165) is 11.1 Å². The molecule has 0 atom stereocenters. The van der Waals surface area contributed by atoms with Crippen LogP contribution in [0.3, 0.4) is 0 Å². The van der Waals surface area contributed by atoms with Gasteiger partial charge in [0.05, 0.1) is 11.8 Å². The molecule has 1 aromatic heterocycles. The fourth-order valence-electron chi connectivity index (χ4n) is 2.67. The molecule has 4 nitrogen and oxygen atoms in total.